The van der Waals surface area contributed by atoms with Gasteiger partial charge in [-0.15, -0.1) is 0 Å². The first-order valence-electron chi connectivity index (χ1n) is 9.95. The Kier molecular flexibility index (Phi) is 5.18. The van der Waals surface area contributed by atoms with Crippen LogP contribution in [0.1, 0.15) is 40.7 Å². The van der Waals surface area contributed by atoms with Crippen LogP contribution in [-0.2, 0) is 14.9 Å². The van der Waals surface area contributed by atoms with E-state index in [1.54, 1.807) is 4.90 Å². The van der Waals surface area contributed by atoms with Crippen molar-refractivity contribution < 1.29 is 14.3 Å². The molecule has 0 unspecified atom stereocenters. The summed E-state index contributed by atoms with van der Waals surface area (Å²) >= 11 is 0. The normalized spacial score (nSPS) is 18.2. The molecule has 2 fully saturated rings. The number of rotatable bonds is 4. The maximum Gasteiger partial charge on any atom is 0.254 e. The van der Waals surface area contributed by atoms with Gasteiger partial charge in [-0.3, -0.25) is 9.59 Å². The summed E-state index contributed by atoms with van der Waals surface area (Å²) in [6.45, 7) is 4.30. The molecule has 1 saturated carbocycles. The van der Waals surface area contributed by atoms with Crippen LogP contribution < -0.4 is 5.32 Å². The molecule has 0 bridgehead atoms. The Balaban J connectivity index is 1.56. The predicted molar refractivity (Wildman–Crippen MR) is 109 cm³/mol. The Hall–Kier alpha value is -2.66. The lowest BCUT2D eigenvalue weighted by atomic mass is 9.64. The van der Waals surface area contributed by atoms with Gasteiger partial charge >= 0.3 is 0 Å². The highest BCUT2D eigenvalue weighted by Gasteiger charge is 2.45. The van der Waals surface area contributed by atoms with E-state index < -0.39 is 5.41 Å². The summed E-state index contributed by atoms with van der Waals surface area (Å²) in [7, 11) is 0. The number of anilines is 1. The quantitative estimate of drug-likeness (QED) is 0.885. The van der Waals surface area contributed by atoms with Crippen LogP contribution in [0, 0.1) is 6.92 Å². The van der Waals surface area contributed by atoms with E-state index in [0.717, 1.165) is 30.4 Å². The number of hydrogen-bond acceptors (Lipinski definition) is 3. The molecule has 2 amide bonds. The van der Waals surface area contributed by atoms with E-state index in [-0.39, 0.29) is 11.8 Å². The largest absolute Gasteiger partial charge is 0.378 e. The maximum atomic E-state index is 13.2. The van der Waals surface area contributed by atoms with Gasteiger partial charge < -0.3 is 15.0 Å². The lowest BCUT2D eigenvalue weighted by Crippen LogP contribution is -2.46. The second-order valence-corrected chi connectivity index (χ2v) is 7.69. The minimum atomic E-state index is -0.460. The molecular formula is C23H26N2O3. The molecule has 0 atom stereocenters. The van der Waals surface area contributed by atoms with E-state index in [4.69, 9.17) is 4.74 Å². The number of amides is 2. The van der Waals surface area contributed by atoms with Crippen molar-refractivity contribution in [2.75, 3.05) is 31.6 Å². The van der Waals surface area contributed by atoms with Crippen LogP contribution in [0.4, 0.5) is 5.69 Å². The molecule has 2 aromatic rings. The zero-order valence-corrected chi connectivity index (χ0v) is 16.2. The van der Waals surface area contributed by atoms with E-state index in [2.05, 4.69) is 5.32 Å². The number of nitrogens with one attached hydrogen (secondary N) is 1. The number of carbonyl (C=O) groups excluding carboxylic acids is 2. The summed E-state index contributed by atoms with van der Waals surface area (Å²) in [6.07, 6.45) is 2.76. The summed E-state index contributed by atoms with van der Waals surface area (Å²) in [5.74, 6) is 0.00392. The van der Waals surface area contributed by atoms with E-state index in [0.29, 0.717) is 37.6 Å². The molecule has 1 N–H and O–H groups in total. The fraction of sp³-hybridized carbons (Fsp3) is 0.391. The van der Waals surface area contributed by atoms with Crippen LogP contribution in [0.25, 0.3) is 0 Å². The van der Waals surface area contributed by atoms with Crippen molar-refractivity contribution >= 4 is 17.5 Å². The SMILES string of the molecule is Cc1ccc(C(=O)N2CCOCC2)cc1NC(=O)C1(c2ccccc2)CCC1. The van der Waals surface area contributed by atoms with Crippen molar-refractivity contribution in [3.63, 3.8) is 0 Å². The summed E-state index contributed by atoms with van der Waals surface area (Å²) in [5, 5.41) is 3.12. The predicted octanol–water partition coefficient (Wildman–Crippen LogP) is 3.53. The number of benzene rings is 2. The average molecular weight is 378 g/mol. The highest BCUT2D eigenvalue weighted by molar-refractivity contribution is 6.02. The maximum absolute atomic E-state index is 13.2. The van der Waals surface area contributed by atoms with Gasteiger partial charge in [0.1, 0.15) is 0 Å². The van der Waals surface area contributed by atoms with Crippen LogP contribution in [0.2, 0.25) is 0 Å². The Morgan fingerprint density at radius 1 is 1.04 bits per heavy atom. The van der Waals surface area contributed by atoms with Crippen LogP contribution in [-0.4, -0.2) is 43.0 Å². The van der Waals surface area contributed by atoms with Gasteiger partial charge in [0.25, 0.3) is 5.91 Å². The van der Waals surface area contributed by atoms with Crippen LogP contribution in [0.15, 0.2) is 48.5 Å². The molecule has 5 heteroatoms. The molecule has 2 aliphatic rings. The van der Waals surface area contributed by atoms with Gasteiger partial charge in [-0.2, -0.15) is 0 Å². The van der Waals surface area contributed by atoms with Crippen LogP contribution >= 0.6 is 0 Å². The smallest absolute Gasteiger partial charge is 0.254 e. The summed E-state index contributed by atoms with van der Waals surface area (Å²) in [4.78, 5) is 27.8. The molecule has 4 rings (SSSR count). The van der Waals surface area contributed by atoms with E-state index >= 15 is 0 Å². The first-order chi connectivity index (χ1) is 13.6. The third kappa shape index (κ3) is 3.42. The molecule has 1 saturated heterocycles. The van der Waals surface area contributed by atoms with Crippen LogP contribution in [0.3, 0.4) is 0 Å². The summed E-state index contributed by atoms with van der Waals surface area (Å²) in [6, 6.07) is 15.5. The van der Waals surface area contributed by atoms with Crippen molar-refractivity contribution in [1.29, 1.82) is 0 Å². The third-order valence-corrected chi connectivity index (χ3v) is 6.00. The Labute approximate surface area is 165 Å². The molecule has 2 aromatic carbocycles. The zero-order valence-electron chi connectivity index (χ0n) is 16.2. The van der Waals surface area contributed by atoms with Gasteiger partial charge in [0.2, 0.25) is 5.91 Å². The first kappa shape index (κ1) is 18.7. The Bertz CT molecular complexity index is 869. The van der Waals surface area contributed by atoms with Gasteiger partial charge in [0.05, 0.1) is 18.6 Å². The summed E-state index contributed by atoms with van der Waals surface area (Å²) in [5.41, 5.74) is 2.88. The van der Waals surface area contributed by atoms with E-state index in [1.165, 1.54) is 0 Å². The Morgan fingerprint density at radius 2 is 1.75 bits per heavy atom. The molecule has 5 nitrogen and oxygen atoms in total. The van der Waals surface area contributed by atoms with Crippen molar-refractivity contribution in [2.45, 2.75) is 31.6 Å². The topological polar surface area (TPSA) is 58.6 Å². The second kappa shape index (κ2) is 7.76. The highest BCUT2D eigenvalue weighted by Crippen LogP contribution is 2.44. The third-order valence-electron chi connectivity index (χ3n) is 6.00. The number of carbonyl (C=O) groups is 2. The van der Waals surface area contributed by atoms with Gasteiger partial charge in [-0.25, -0.2) is 0 Å². The van der Waals surface area contributed by atoms with Gasteiger partial charge in [-0.05, 0) is 43.0 Å². The first-order valence-corrected chi connectivity index (χ1v) is 9.95. The standard InChI is InChI=1S/C23H26N2O3/c1-17-8-9-18(21(26)25-12-14-28-15-13-25)16-20(17)24-22(27)23(10-5-11-23)19-6-3-2-4-7-19/h2-4,6-9,16H,5,10-15H2,1H3,(H,24,27). The lowest BCUT2D eigenvalue weighted by Gasteiger charge is -2.40. The number of aryl methyl sites for hydroxylation is 1. The number of morpholine rings is 1. The number of nitrogens with zero attached hydrogens (tertiary/aromatic N) is 1. The van der Waals surface area contributed by atoms with Crippen LogP contribution in [0.5, 0.6) is 0 Å². The molecule has 0 spiro atoms. The van der Waals surface area contributed by atoms with Crippen molar-refractivity contribution in [2.24, 2.45) is 0 Å². The second-order valence-electron chi connectivity index (χ2n) is 7.69. The molecule has 146 valence electrons. The minimum Gasteiger partial charge on any atom is -0.378 e. The van der Waals surface area contributed by atoms with E-state index in [9.17, 15) is 9.59 Å². The zero-order chi connectivity index (χ0) is 19.6. The van der Waals surface area contributed by atoms with Gasteiger partial charge in [0.15, 0.2) is 0 Å². The Morgan fingerprint density at radius 3 is 2.39 bits per heavy atom. The van der Waals surface area contributed by atoms with E-state index in [1.807, 2.05) is 55.5 Å². The molecular weight excluding hydrogens is 352 g/mol. The average Bonchev–Trinajstić information content (AvgIpc) is 2.70. The fourth-order valence-corrected chi connectivity index (χ4v) is 4.02. The highest BCUT2D eigenvalue weighted by atomic mass is 16.5. The molecule has 1 heterocycles. The summed E-state index contributed by atoms with van der Waals surface area (Å²) < 4.78 is 5.33. The van der Waals surface area contributed by atoms with Gasteiger partial charge in [-0.1, -0.05) is 42.8 Å². The van der Waals surface area contributed by atoms with Crippen molar-refractivity contribution in [3.8, 4) is 0 Å². The molecule has 0 aromatic heterocycles. The molecule has 28 heavy (non-hydrogen) atoms. The molecule has 1 aliphatic heterocycles. The van der Waals surface area contributed by atoms with Crippen molar-refractivity contribution in [1.82, 2.24) is 4.90 Å². The van der Waals surface area contributed by atoms with Gasteiger partial charge in [0, 0.05) is 24.3 Å². The number of hydrogen-bond donors (Lipinski definition) is 1. The number of ether oxygens (including phenoxy) is 1. The fourth-order valence-electron chi connectivity index (χ4n) is 4.02. The molecule has 0 radical (unpaired) electrons. The van der Waals surface area contributed by atoms with Crippen molar-refractivity contribution in [3.05, 3.63) is 65.2 Å². The monoisotopic (exact) mass is 378 g/mol. The minimum absolute atomic E-state index is 0.0137. The molecule has 1 aliphatic carbocycles. The lowest BCUT2D eigenvalue weighted by molar-refractivity contribution is -0.124.